The number of aliphatic hydroxyl groups is 1. The van der Waals surface area contributed by atoms with E-state index in [0.717, 1.165) is 37.2 Å². The number of aliphatic hydroxyl groups excluding tert-OH is 1. The second kappa shape index (κ2) is 5.74. The Morgan fingerprint density at radius 2 is 2.21 bits per heavy atom. The van der Waals surface area contributed by atoms with Crippen LogP contribution in [0, 0.1) is 13.8 Å². The number of aryl methyl sites for hydroxylation is 2. The van der Waals surface area contributed by atoms with E-state index in [1.54, 1.807) is 0 Å². The maximum Gasteiger partial charge on any atom is 0.223 e. The van der Waals surface area contributed by atoms with Crippen LogP contribution in [0.15, 0.2) is 0 Å². The monoisotopic (exact) mass is 265 g/mol. The standard InChI is InChI=1S/C14H23N3O2/c1-10-13(11(2)16(3)15-10)6-7-14(19)17-8-4-5-12(17)9-18/h12,18H,4-9H2,1-3H3/t12-/m1/s1. The summed E-state index contributed by atoms with van der Waals surface area (Å²) in [5, 5.41) is 13.6. The second-order valence-electron chi connectivity index (χ2n) is 5.34. The molecular formula is C14H23N3O2. The lowest BCUT2D eigenvalue weighted by molar-refractivity contribution is -0.132. The van der Waals surface area contributed by atoms with Gasteiger partial charge in [0.15, 0.2) is 0 Å². The predicted octanol–water partition coefficient (Wildman–Crippen LogP) is 0.953. The molecule has 1 atom stereocenters. The quantitative estimate of drug-likeness (QED) is 0.882. The third-order valence-electron chi connectivity index (χ3n) is 4.16. The first-order chi connectivity index (χ1) is 9.04. The Morgan fingerprint density at radius 1 is 1.47 bits per heavy atom. The molecule has 1 aliphatic heterocycles. The van der Waals surface area contributed by atoms with E-state index in [1.807, 2.05) is 30.5 Å². The van der Waals surface area contributed by atoms with Crippen molar-refractivity contribution in [3.8, 4) is 0 Å². The lowest BCUT2D eigenvalue weighted by Crippen LogP contribution is -2.37. The predicted molar refractivity (Wildman–Crippen MR) is 72.8 cm³/mol. The topological polar surface area (TPSA) is 58.4 Å². The van der Waals surface area contributed by atoms with Crippen LogP contribution < -0.4 is 0 Å². The molecule has 5 heteroatoms. The van der Waals surface area contributed by atoms with Gasteiger partial charge in [-0.05, 0) is 38.7 Å². The fraction of sp³-hybridized carbons (Fsp3) is 0.714. The number of rotatable bonds is 4. The first-order valence-electron chi connectivity index (χ1n) is 6.94. The van der Waals surface area contributed by atoms with Gasteiger partial charge < -0.3 is 10.0 Å². The Labute approximate surface area is 114 Å². The summed E-state index contributed by atoms with van der Waals surface area (Å²) in [6.07, 6.45) is 3.16. The minimum absolute atomic E-state index is 0.0311. The van der Waals surface area contributed by atoms with E-state index in [9.17, 15) is 9.90 Å². The van der Waals surface area contributed by atoms with E-state index >= 15 is 0 Å². The fourth-order valence-electron chi connectivity index (χ4n) is 2.91. The average molecular weight is 265 g/mol. The minimum atomic E-state index is 0.0311. The molecule has 1 aliphatic rings. The van der Waals surface area contributed by atoms with Crippen LogP contribution in [0.25, 0.3) is 0 Å². The molecule has 1 aromatic rings. The molecule has 0 radical (unpaired) electrons. The highest BCUT2D eigenvalue weighted by molar-refractivity contribution is 5.77. The molecule has 0 aliphatic carbocycles. The first kappa shape index (κ1) is 14.1. The number of aromatic nitrogens is 2. The molecule has 1 saturated heterocycles. The molecule has 1 aromatic heterocycles. The molecule has 5 nitrogen and oxygen atoms in total. The molecule has 19 heavy (non-hydrogen) atoms. The number of hydrogen-bond acceptors (Lipinski definition) is 3. The number of nitrogens with zero attached hydrogens (tertiary/aromatic N) is 3. The zero-order chi connectivity index (χ0) is 14.0. The van der Waals surface area contributed by atoms with E-state index in [-0.39, 0.29) is 18.6 Å². The average Bonchev–Trinajstić information content (AvgIpc) is 2.94. The summed E-state index contributed by atoms with van der Waals surface area (Å²) in [5.74, 6) is 0.152. The summed E-state index contributed by atoms with van der Waals surface area (Å²) in [6, 6.07) is 0.0311. The van der Waals surface area contributed by atoms with Gasteiger partial charge in [0.1, 0.15) is 0 Å². The van der Waals surface area contributed by atoms with Gasteiger partial charge in [-0.3, -0.25) is 9.48 Å². The summed E-state index contributed by atoms with van der Waals surface area (Å²) in [4.78, 5) is 14.0. The summed E-state index contributed by atoms with van der Waals surface area (Å²) >= 11 is 0. The van der Waals surface area contributed by atoms with Crippen molar-refractivity contribution in [2.24, 2.45) is 7.05 Å². The number of carbonyl (C=O) groups excluding carboxylic acids is 1. The minimum Gasteiger partial charge on any atom is -0.394 e. The van der Waals surface area contributed by atoms with Gasteiger partial charge in [0.05, 0.1) is 18.3 Å². The Morgan fingerprint density at radius 3 is 2.79 bits per heavy atom. The van der Waals surface area contributed by atoms with E-state index in [2.05, 4.69) is 5.10 Å². The summed E-state index contributed by atoms with van der Waals surface area (Å²) in [7, 11) is 1.93. The SMILES string of the molecule is Cc1nn(C)c(C)c1CCC(=O)N1CCC[C@@H]1CO. The van der Waals surface area contributed by atoms with Gasteiger partial charge in [-0.2, -0.15) is 5.10 Å². The zero-order valence-corrected chi connectivity index (χ0v) is 12.0. The Bertz CT molecular complexity index is 468. The van der Waals surface area contributed by atoms with Gasteiger partial charge in [-0.1, -0.05) is 0 Å². The lowest BCUT2D eigenvalue weighted by Gasteiger charge is -2.23. The molecule has 2 heterocycles. The maximum absolute atomic E-state index is 12.2. The highest BCUT2D eigenvalue weighted by atomic mass is 16.3. The van der Waals surface area contributed by atoms with Crippen LogP contribution in [0.4, 0.5) is 0 Å². The highest BCUT2D eigenvalue weighted by Gasteiger charge is 2.27. The van der Waals surface area contributed by atoms with Crippen molar-refractivity contribution in [2.75, 3.05) is 13.2 Å². The smallest absolute Gasteiger partial charge is 0.223 e. The number of carbonyl (C=O) groups is 1. The Balaban J connectivity index is 1.97. The van der Waals surface area contributed by atoms with Gasteiger partial charge in [-0.15, -0.1) is 0 Å². The van der Waals surface area contributed by atoms with Gasteiger partial charge >= 0.3 is 0 Å². The van der Waals surface area contributed by atoms with E-state index in [4.69, 9.17) is 0 Å². The van der Waals surface area contributed by atoms with Crippen LogP contribution in [-0.4, -0.2) is 44.9 Å². The van der Waals surface area contributed by atoms with Crippen LogP contribution in [0.2, 0.25) is 0 Å². The van der Waals surface area contributed by atoms with Crippen LogP contribution in [0.1, 0.15) is 36.2 Å². The van der Waals surface area contributed by atoms with Crippen LogP contribution in [-0.2, 0) is 18.3 Å². The third kappa shape index (κ3) is 2.81. The van der Waals surface area contributed by atoms with Crippen molar-refractivity contribution in [3.05, 3.63) is 17.0 Å². The summed E-state index contributed by atoms with van der Waals surface area (Å²) in [6.45, 7) is 4.89. The molecule has 0 aromatic carbocycles. The molecule has 106 valence electrons. The molecule has 1 amide bonds. The lowest BCUT2D eigenvalue weighted by atomic mass is 10.1. The van der Waals surface area contributed by atoms with Gasteiger partial charge in [0.2, 0.25) is 5.91 Å². The van der Waals surface area contributed by atoms with Crippen LogP contribution in [0.3, 0.4) is 0 Å². The van der Waals surface area contributed by atoms with Gasteiger partial charge in [0.25, 0.3) is 0 Å². The van der Waals surface area contributed by atoms with E-state index in [1.165, 1.54) is 5.56 Å². The van der Waals surface area contributed by atoms with E-state index < -0.39 is 0 Å². The third-order valence-corrected chi connectivity index (χ3v) is 4.16. The molecular weight excluding hydrogens is 242 g/mol. The molecule has 0 bridgehead atoms. The van der Waals surface area contributed by atoms with Crippen molar-refractivity contribution in [2.45, 2.75) is 45.6 Å². The van der Waals surface area contributed by atoms with Crippen molar-refractivity contribution in [1.29, 1.82) is 0 Å². The zero-order valence-electron chi connectivity index (χ0n) is 12.0. The molecule has 0 saturated carbocycles. The first-order valence-corrected chi connectivity index (χ1v) is 6.94. The number of amides is 1. The van der Waals surface area contributed by atoms with Gasteiger partial charge in [0, 0.05) is 25.7 Å². The molecule has 2 rings (SSSR count). The Hall–Kier alpha value is -1.36. The van der Waals surface area contributed by atoms with Crippen molar-refractivity contribution in [3.63, 3.8) is 0 Å². The highest BCUT2D eigenvalue weighted by Crippen LogP contribution is 2.20. The fourth-order valence-corrected chi connectivity index (χ4v) is 2.91. The van der Waals surface area contributed by atoms with Crippen molar-refractivity contribution < 1.29 is 9.90 Å². The Kier molecular flexibility index (Phi) is 4.24. The molecule has 0 spiro atoms. The maximum atomic E-state index is 12.2. The molecule has 0 unspecified atom stereocenters. The largest absolute Gasteiger partial charge is 0.394 e. The summed E-state index contributed by atoms with van der Waals surface area (Å²) < 4.78 is 1.86. The second-order valence-corrected chi connectivity index (χ2v) is 5.34. The van der Waals surface area contributed by atoms with Crippen molar-refractivity contribution in [1.82, 2.24) is 14.7 Å². The van der Waals surface area contributed by atoms with Gasteiger partial charge in [-0.25, -0.2) is 0 Å². The van der Waals surface area contributed by atoms with Crippen LogP contribution >= 0.6 is 0 Å². The molecule has 1 fully saturated rings. The molecule has 1 N–H and O–H groups in total. The summed E-state index contributed by atoms with van der Waals surface area (Å²) in [5.41, 5.74) is 3.31. The number of likely N-dealkylation sites (tertiary alicyclic amines) is 1. The van der Waals surface area contributed by atoms with Crippen LogP contribution in [0.5, 0.6) is 0 Å². The van der Waals surface area contributed by atoms with Crippen molar-refractivity contribution >= 4 is 5.91 Å². The number of hydrogen-bond donors (Lipinski definition) is 1. The normalized spacial score (nSPS) is 19.2. The van der Waals surface area contributed by atoms with E-state index in [0.29, 0.717) is 6.42 Å².